The first-order chi connectivity index (χ1) is 12.8. The van der Waals surface area contributed by atoms with E-state index >= 15 is 0 Å². The maximum absolute atomic E-state index is 3.80. The van der Waals surface area contributed by atoms with Gasteiger partial charge in [0.15, 0.2) is 0 Å². The molecule has 1 heterocycles. The van der Waals surface area contributed by atoms with Crippen molar-refractivity contribution in [3.05, 3.63) is 102 Å². The van der Waals surface area contributed by atoms with Crippen LogP contribution in [-0.4, -0.2) is 4.57 Å². The maximum atomic E-state index is 3.80. The molecule has 0 atom stereocenters. The number of para-hydroxylation sites is 2. The van der Waals surface area contributed by atoms with E-state index in [4.69, 9.17) is 0 Å². The molecule has 5 rings (SSSR count). The lowest BCUT2D eigenvalue weighted by atomic mass is 9.99. The van der Waals surface area contributed by atoms with Gasteiger partial charge in [-0.25, -0.2) is 0 Å². The fourth-order valence-corrected chi connectivity index (χ4v) is 4.34. The Bertz CT molecular complexity index is 1220. The zero-order valence-corrected chi connectivity index (χ0v) is 15.6. The molecule has 2 heteroatoms. The van der Waals surface area contributed by atoms with Crippen LogP contribution in [0.5, 0.6) is 0 Å². The minimum Gasteiger partial charge on any atom is -0.309 e. The second kappa shape index (κ2) is 6.15. The van der Waals surface area contributed by atoms with Crippen molar-refractivity contribution in [2.45, 2.75) is 0 Å². The first-order valence-corrected chi connectivity index (χ1v) is 9.46. The molecule has 4 aromatic carbocycles. The summed E-state index contributed by atoms with van der Waals surface area (Å²) in [4.78, 5) is 0. The number of fused-ring (bicyclic) bond motifs is 3. The van der Waals surface area contributed by atoms with Gasteiger partial charge in [0, 0.05) is 26.5 Å². The van der Waals surface area contributed by atoms with Crippen molar-refractivity contribution in [1.29, 1.82) is 0 Å². The monoisotopic (exact) mass is 397 g/mol. The number of rotatable bonds is 2. The molecule has 0 spiro atoms. The van der Waals surface area contributed by atoms with Gasteiger partial charge in [-0.2, -0.15) is 0 Å². The van der Waals surface area contributed by atoms with E-state index in [1.807, 2.05) is 0 Å². The maximum Gasteiger partial charge on any atom is 0.0548 e. The molecular weight excluding hydrogens is 382 g/mol. The van der Waals surface area contributed by atoms with E-state index in [1.54, 1.807) is 0 Å². The van der Waals surface area contributed by atoms with Crippen molar-refractivity contribution in [2.75, 3.05) is 0 Å². The van der Waals surface area contributed by atoms with Crippen LogP contribution in [0.15, 0.2) is 102 Å². The van der Waals surface area contributed by atoms with Gasteiger partial charge < -0.3 is 4.57 Å². The van der Waals surface area contributed by atoms with Gasteiger partial charge in [0.2, 0.25) is 0 Å². The van der Waals surface area contributed by atoms with Gasteiger partial charge in [-0.05, 0) is 35.9 Å². The van der Waals surface area contributed by atoms with Crippen LogP contribution in [0.2, 0.25) is 0 Å². The molecule has 26 heavy (non-hydrogen) atoms. The van der Waals surface area contributed by atoms with Crippen molar-refractivity contribution in [3.63, 3.8) is 0 Å². The average Bonchev–Trinajstić information content (AvgIpc) is 3.04. The van der Waals surface area contributed by atoms with Crippen LogP contribution in [0.3, 0.4) is 0 Å². The van der Waals surface area contributed by atoms with E-state index in [0.29, 0.717) is 0 Å². The highest BCUT2D eigenvalue weighted by Crippen LogP contribution is 2.41. The van der Waals surface area contributed by atoms with E-state index in [0.717, 1.165) is 4.47 Å². The van der Waals surface area contributed by atoms with Crippen molar-refractivity contribution in [1.82, 2.24) is 4.57 Å². The summed E-state index contributed by atoms with van der Waals surface area (Å²) in [7, 11) is 0. The number of nitrogens with zero attached hydrogens (tertiary/aromatic N) is 1. The molecule has 1 nitrogen and oxygen atoms in total. The normalized spacial score (nSPS) is 11.3. The molecule has 0 saturated carbocycles. The zero-order valence-electron chi connectivity index (χ0n) is 14.1. The molecular formula is C24H16BrN. The van der Waals surface area contributed by atoms with Crippen LogP contribution >= 0.6 is 15.9 Å². The van der Waals surface area contributed by atoms with E-state index in [2.05, 4.69) is 118 Å². The van der Waals surface area contributed by atoms with Crippen LogP contribution in [0.4, 0.5) is 0 Å². The van der Waals surface area contributed by atoms with Gasteiger partial charge in [-0.1, -0.05) is 82.7 Å². The van der Waals surface area contributed by atoms with E-state index in [1.165, 1.54) is 38.6 Å². The summed E-state index contributed by atoms with van der Waals surface area (Å²) >= 11 is 3.80. The lowest BCUT2D eigenvalue weighted by Gasteiger charge is -2.10. The number of benzene rings is 4. The predicted octanol–water partition coefficient (Wildman–Crippen LogP) is 7.21. The summed E-state index contributed by atoms with van der Waals surface area (Å²) in [6, 6.07) is 34.2. The third kappa shape index (κ3) is 2.30. The largest absolute Gasteiger partial charge is 0.309 e. The minimum atomic E-state index is 1.12. The number of halogens is 1. The molecule has 0 fully saturated rings. The molecule has 0 saturated heterocycles. The summed E-state index contributed by atoms with van der Waals surface area (Å²) in [5.74, 6) is 0. The quantitative estimate of drug-likeness (QED) is 0.296. The van der Waals surface area contributed by atoms with Crippen LogP contribution in [0, 0.1) is 0 Å². The molecule has 0 aliphatic rings. The standard InChI is InChI=1S/C24H16BrN/c25-20-15-16-22-24(23(20)17-9-3-1-4-10-17)19-13-7-8-14-21(19)26(22)18-11-5-2-6-12-18/h1-16H. The van der Waals surface area contributed by atoms with Crippen molar-refractivity contribution >= 4 is 37.7 Å². The second-order valence-electron chi connectivity index (χ2n) is 6.37. The van der Waals surface area contributed by atoms with Crippen molar-refractivity contribution in [3.8, 4) is 16.8 Å². The van der Waals surface area contributed by atoms with Gasteiger partial charge in [0.05, 0.1) is 11.0 Å². The Balaban J connectivity index is 1.99. The Morgan fingerprint density at radius 1 is 0.577 bits per heavy atom. The van der Waals surface area contributed by atoms with Gasteiger partial charge in [0.1, 0.15) is 0 Å². The van der Waals surface area contributed by atoms with Crippen LogP contribution < -0.4 is 0 Å². The Morgan fingerprint density at radius 2 is 1.23 bits per heavy atom. The number of hydrogen-bond acceptors (Lipinski definition) is 0. The average molecular weight is 398 g/mol. The summed E-state index contributed by atoms with van der Waals surface area (Å²) in [6.45, 7) is 0. The Hall–Kier alpha value is -2.84. The molecule has 124 valence electrons. The third-order valence-electron chi connectivity index (χ3n) is 4.86. The summed E-state index contributed by atoms with van der Waals surface area (Å²) < 4.78 is 3.47. The highest BCUT2D eigenvalue weighted by molar-refractivity contribution is 9.10. The van der Waals surface area contributed by atoms with Crippen molar-refractivity contribution < 1.29 is 0 Å². The molecule has 0 aliphatic heterocycles. The van der Waals surface area contributed by atoms with Gasteiger partial charge >= 0.3 is 0 Å². The van der Waals surface area contributed by atoms with E-state index in [-0.39, 0.29) is 0 Å². The topological polar surface area (TPSA) is 4.93 Å². The lowest BCUT2D eigenvalue weighted by Crippen LogP contribution is -1.93. The molecule has 0 unspecified atom stereocenters. The summed E-state index contributed by atoms with van der Waals surface area (Å²) in [5, 5.41) is 2.55. The highest BCUT2D eigenvalue weighted by Gasteiger charge is 2.17. The van der Waals surface area contributed by atoms with Gasteiger partial charge in [0.25, 0.3) is 0 Å². The SMILES string of the molecule is Brc1ccc2c(c1-c1ccccc1)c1ccccc1n2-c1ccccc1. The molecule has 1 aromatic heterocycles. The van der Waals surface area contributed by atoms with Crippen molar-refractivity contribution in [2.24, 2.45) is 0 Å². The van der Waals surface area contributed by atoms with Crippen LogP contribution in [0.1, 0.15) is 0 Å². The molecule has 0 radical (unpaired) electrons. The Labute approximate surface area is 160 Å². The third-order valence-corrected chi connectivity index (χ3v) is 5.53. The fraction of sp³-hybridized carbons (Fsp3) is 0. The predicted molar refractivity (Wildman–Crippen MR) is 114 cm³/mol. The minimum absolute atomic E-state index is 1.12. The van der Waals surface area contributed by atoms with Crippen LogP contribution in [-0.2, 0) is 0 Å². The first-order valence-electron chi connectivity index (χ1n) is 8.67. The molecule has 0 aliphatic carbocycles. The molecule has 0 amide bonds. The van der Waals surface area contributed by atoms with Gasteiger partial charge in [-0.15, -0.1) is 0 Å². The fourth-order valence-electron chi connectivity index (χ4n) is 3.78. The first kappa shape index (κ1) is 15.4. The summed E-state index contributed by atoms with van der Waals surface area (Å²) in [5.41, 5.74) is 6.10. The highest BCUT2D eigenvalue weighted by atomic mass is 79.9. The Morgan fingerprint density at radius 3 is 2.00 bits per heavy atom. The molecule has 0 N–H and O–H groups in total. The van der Waals surface area contributed by atoms with E-state index in [9.17, 15) is 0 Å². The van der Waals surface area contributed by atoms with Gasteiger partial charge in [-0.3, -0.25) is 0 Å². The molecule has 5 aromatic rings. The second-order valence-corrected chi connectivity index (χ2v) is 7.22. The van der Waals surface area contributed by atoms with Crippen LogP contribution in [0.25, 0.3) is 38.6 Å². The molecule has 0 bridgehead atoms. The number of aromatic nitrogens is 1. The zero-order chi connectivity index (χ0) is 17.5. The smallest absolute Gasteiger partial charge is 0.0548 e. The lowest BCUT2D eigenvalue weighted by molar-refractivity contribution is 1.18. The summed E-state index contributed by atoms with van der Waals surface area (Å²) in [6.07, 6.45) is 0. The van der Waals surface area contributed by atoms with E-state index < -0.39 is 0 Å². The Kier molecular flexibility index (Phi) is 3.65. The number of hydrogen-bond donors (Lipinski definition) is 0.